The zero-order valence-corrected chi connectivity index (χ0v) is 11.6. The third-order valence-electron chi connectivity index (χ3n) is 2.78. The van der Waals surface area contributed by atoms with Crippen molar-refractivity contribution < 1.29 is 22.8 Å². The Hall–Kier alpha value is -3.42. The molecule has 0 unspecified atom stereocenters. The van der Waals surface area contributed by atoms with Crippen LogP contribution in [-0.2, 0) is 0 Å². The van der Waals surface area contributed by atoms with Gasteiger partial charge in [0.15, 0.2) is 11.5 Å². The normalized spacial score (nSPS) is 10.3. The van der Waals surface area contributed by atoms with Gasteiger partial charge < -0.3 is 14.2 Å². The first-order valence-corrected chi connectivity index (χ1v) is 6.49. The molecule has 0 bridgehead atoms. The summed E-state index contributed by atoms with van der Waals surface area (Å²) in [6.07, 6.45) is 2.43. The van der Waals surface area contributed by atoms with Crippen LogP contribution in [0.3, 0.4) is 0 Å². The molecule has 116 valence electrons. The first-order valence-electron chi connectivity index (χ1n) is 6.49. The second kappa shape index (κ2) is 6.14. The van der Waals surface area contributed by atoms with Gasteiger partial charge in [0, 0.05) is 5.69 Å². The number of carbonyl (C=O) groups is 2. The summed E-state index contributed by atoms with van der Waals surface area (Å²) in [5.41, 5.74) is 0.211. The van der Waals surface area contributed by atoms with E-state index in [0.717, 1.165) is 12.3 Å². The van der Waals surface area contributed by atoms with Crippen LogP contribution in [0.15, 0.2) is 57.8 Å². The highest BCUT2D eigenvalue weighted by molar-refractivity contribution is 6.04. The van der Waals surface area contributed by atoms with Crippen LogP contribution in [-0.4, -0.2) is 16.8 Å². The van der Waals surface area contributed by atoms with Gasteiger partial charge in [-0.25, -0.2) is 4.39 Å². The largest absolute Gasteiger partial charge is 0.459 e. The summed E-state index contributed by atoms with van der Waals surface area (Å²) in [5, 5.41) is 4.80. The lowest BCUT2D eigenvalue weighted by molar-refractivity contribution is 0.0990. The lowest BCUT2D eigenvalue weighted by Crippen LogP contribution is -2.14. The van der Waals surface area contributed by atoms with Crippen LogP contribution in [0.2, 0.25) is 0 Å². The predicted octanol–water partition coefficient (Wildman–Crippen LogP) is 2.91. The fourth-order valence-corrected chi connectivity index (χ4v) is 1.76. The molecule has 2 N–H and O–H groups in total. The van der Waals surface area contributed by atoms with Gasteiger partial charge in [-0.1, -0.05) is 6.07 Å². The van der Waals surface area contributed by atoms with E-state index < -0.39 is 17.6 Å². The van der Waals surface area contributed by atoms with Gasteiger partial charge in [-0.3, -0.25) is 14.9 Å². The Morgan fingerprint density at radius 1 is 1.04 bits per heavy atom. The van der Waals surface area contributed by atoms with E-state index in [0.29, 0.717) is 0 Å². The number of furan rings is 1. The van der Waals surface area contributed by atoms with Gasteiger partial charge in [0.2, 0.25) is 0 Å². The van der Waals surface area contributed by atoms with E-state index in [1.54, 1.807) is 6.07 Å². The van der Waals surface area contributed by atoms with E-state index in [1.807, 2.05) is 0 Å². The average molecular weight is 315 g/mol. The van der Waals surface area contributed by atoms with Crippen molar-refractivity contribution in [2.24, 2.45) is 0 Å². The molecule has 0 saturated carbocycles. The number of benzene rings is 1. The predicted molar refractivity (Wildman–Crippen MR) is 77.5 cm³/mol. The van der Waals surface area contributed by atoms with E-state index in [2.05, 4.69) is 15.6 Å². The third-order valence-corrected chi connectivity index (χ3v) is 2.78. The van der Waals surface area contributed by atoms with Gasteiger partial charge in [-0.05, 0) is 30.3 Å². The third kappa shape index (κ3) is 3.43. The van der Waals surface area contributed by atoms with Crippen molar-refractivity contribution in [1.82, 2.24) is 4.98 Å². The van der Waals surface area contributed by atoms with E-state index in [4.69, 9.17) is 8.83 Å². The molecule has 0 aliphatic heterocycles. The number of halogens is 1. The summed E-state index contributed by atoms with van der Waals surface area (Å²) in [6, 6.07) is 8.28. The first-order chi connectivity index (χ1) is 11.1. The maximum absolute atomic E-state index is 13.1. The molecule has 0 aliphatic carbocycles. The van der Waals surface area contributed by atoms with Crippen LogP contribution in [0.25, 0.3) is 0 Å². The maximum Gasteiger partial charge on any atom is 0.302 e. The number of hydrogen-bond acceptors (Lipinski definition) is 5. The minimum absolute atomic E-state index is 0.0657. The molecule has 3 aromatic rings. The Morgan fingerprint density at radius 3 is 2.65 bits per heavy atom. The van der Waals surface area contributed by atoms with Crippen molar-refractivity contribution in [2.45, 2.75) is 0 Å². The smallest absolute Gasteiger partial charge is 0.302 e. The molecule has 0 saturated heterocycles. The molecule has 0 aliphatic rings. The van der Waals surface area contributed by atoms with Gasteiger partial charge in [0.25, 0.3) is 11.8 Å². The summed E-state index contributed by atoms with van der Waals surface area (Å²) in [6.45, 7) is 0. The number of oxazole rings is 1. The van der Waals surface area contributed by atoms with Gasteiger partial charge in [-0.2, -0.15) is 4.98 Å². The highest BCUT2D eigenvalue weighted by Crippen LogP contribution is 2.13. The highest BCUT2D eigenvalue weighted by atomic mass is 19.1. The van der Waals surface area contributed by atoms with Gasteiger partial charge in [-0.15, -0.1) is 0 Å². The molecule has 0 spiro atoms. The van der Waals surface area contributed by atoms with Crippen molar-refractivity contribution in [3.63, 3.8) is 0 Å². The van der Waals surface area contributed by atoms with Crippen LogP contribution in [0.1, 0.15) is 21.0 Å². The zero-order valence-electron chi connectivity index (χ0n) is 11.6. The van der Waals surface area contributed by atoms with Gasteiger partial charge >= 0.3 is 6.01 Å². The minimum Gasteiger partial charge on any atom is -0.459 e. The molecule has 7 nitrogen and oxygen atoms in total. The molecule has 3 rings (SSSR count). The lowest BCUT2D eigenvalue weighted by atomic mass is 10.3. The van der Waals surface area contributed by atoms with Crippen LogP contribution in [0, 0.1) is 5.82 Å². The van der Waals surface area contributed by atoms with Crippen LogP contribution >= 0.6 is 0 Å². The zero-order chi connectivity index (χ0) is 16.2. The second-order valence-corrected chi connectivity index (χ2v) is 4.43. The quantitative estimate of drug-likeness (QED) is 0.771. The van der Waals surface area contributed by atoms with E-state index in [9.17, 15) is 14.0 Å². The first kappa shape index (κ1) is 14.5. The fourth-order valence-electron chi connectivity index (χ4n) is 1.76. The van der Waals surface area contributed by atoms with E-state index >= 15 is 0 Å². The summed E-state index contributed by atoms with van der Waals surface area (Å²) >= 11 is 0. The number of nitrogens with one attached hydrogen (secondary N) is 2. The Morgan fingerprint density at radius 2 is 1.91 bits per heavy atom. The van der Waals surface area contributed by atoms with Crippen LogP contribution < -0.4 is 10.6 Å². The number of rotatable bonds is 4. The molecule has 0 atom stereocenters. The number of nitrogens with zero attached hydrogens (tertiary/aromatic N) is 1. The number of carbonyl (C=O) groups excluding carboxylic acids is 2. The molecule has 1 aromatic carbocycles. The summed E-state index contributed by atoms with van der Waals surface area (Å²) in [4.78, 5) is 27.5. The average Bonchev–Trinajstić information content (AvgIpc) is 3.18. The molecular weight excluding hydrogens is 305 g/mol. The van der Waals surface area contributed by atoms with E-state index in [-0.39, 0.29) is 23.2 Å². The van der Waals surface area contributed by atoms with Crippen molar-refractivity contribution in [2.75, 3.05) is 10.6 Å². The van der Waals surface area contributed by atoms with Crippen LogP contribution in [0.5, 0.6) is 0 Å². The number of anilines is 2. The number of amides is 2. The SMILES string of the molecule is O=C(Nc1cccc(F)c1)c1coc(NC(=O)c2ccco2)n1. The molecule has 8 heteroatoms. The van der Waals surface area contributed by atoms with Gasteiger partial charge in [0.1, 0.15) is 12.1 Å². The highest BCUT2D eigenvalue weighted by Gasteiger charge is 2.16. The topological polar surface area (TPSA) is 97.4 Å². The molecule has 0 radical (unpaired) electrons. The van der Waals surface area contributed by atoms with E-state index in [1.165, 1.54) is 30.5 Å². The number of hydrogen-bond donors (Lipinski definition) is 2. The Bertz CT molecular complexity index is 842. The van der Waals surface area contributed by atoms with Crippen molar-refractivity contribution >= 4 is 23.5 Å². The molecular formula is C15H10FN3O4. The molecule has 2 amide bonds. The summed E-state index contributed by atoms with van der Waals surface area (Å²) in [5.74, 6) is -1.56. The Balaban J connectivity index is 1.66. The second-order valence-electron chi connectivity index (χ2n) is 4.43. The summed E-state index contributed by atoms with van der Waals surface area (Å²) in [7, 11) is 0. The molecule has 2 heterocycles. The summed E-state index contributed by atoms with van der Waals surface area (Å²) < 4.78 is 23.0. The maximum atomic E-state index is 13.1. The molecule has 23 heavy (non-hydrogen) atoms. The van der Waals surface area contributed by atoms with Crippen molar-refractivity contribution in [3.8, 4) is 0 Å². The Kier molecular flexibility index (Phi) is 3.88. The standard InChI is InChI=1S/C15H10FN3O4/c16-9-3-1-4-10(7-9)17-13(20)11-8-23-15(18-11)19-14(21)12-5-2-6-22-12/h1-8H,(H,17,20)(H,18,19,21). The van der Waals surface area contributed by atoms with Crippen molar-refractivity contribution in [1.29, 1.82) is 0 Å². The van der Waals surface area contributed by atoms with Gasteiger partial charge in [0.05, 0.1) is 6.26 Å². The van der Waals surface area contributed by atoms with Crippen molar-refractivity contribution in [3.05, 3.63) is 66.2 Å². The number of aromatic nitrogens is 1. The Labute approximate surface area is 129 Å². The minimum atomic E-state index is -0.599. The van der Waals surface area contributed by atoms with Crippen LogP contribution in [0.4, 0.5) is 16.1 Å². The molecule has 0 fully saturated rings. The monoisotopic (exact) mass is 315 g/mol. The fraction of sp³-hybridized carbons (Fsp3) is 0. The molecule has 2 aromatic heterocycles. The lowest BCUT2D eigenvalue weighted by Gasteiger charge is -2.02.